The van der Waals surface area contributed by atoms with Crippen LogP contribution in [-0.4, -0.2) is 40.4 Å². The van der Waals surface area contributed by atoms with Crippen molar-refractivity contribution in [2.75, 3.05) is 14.2 Å². The monoisotopic (exact) mass is 568 g/mol. The van der Waals surface area contributed by atoms with Gasteiger partial charge < -0.3 is 39.1 Å². The van der Waals surface area contributed by atoms with Crippen molar-refractivity contribution >= 4 is 16.8 Å². The lowest BCUT2D eigenvalue weighted by molar-refractivity contribution is 0.0845. The highest BCUT2D eigenvalue weighted by atomic mass is 16.5. The van der Waals surface area contributed by atoms with E-state index in [1.807, 2.05) is 0 Å². The second-order valence-electron chi connectivity index (χ2n) is 9.73. The van der Waals surface area contributed by atoms with Crippen LogP contribution in [0.1, 0.15) is 28.4 Å². The van der Waals surface area contributed by atoms with Crippen LogP contribution in [0.4, 0.5) is 0 Å². The highest BCUT2D eigenvalue weighted by Crippen LogP contribution is 2.47. The fourth-order valence-corrected chi connectivity index (χ4v) is 5.19. The van der Waals surface area contributed by atoms with Gasteiger partial charge >= 0.3 is 0 Å². The molecule has 10 nitrogen and oxygen atoms in total. The van der Waals surface area contributed by atoms with Crippen LogP contribution in [0.15, 0.2) is 75.9 Å². The summed E-state index contributed by atoms with van der Waals surface area (Å²) in [6, 6.07) is 16.3. The van der Waals surface area contributed by atoms with Crippen LogP contribution in [0, 0.1) is 0 Å². The first kappa shape index (κ1) is 26.6. The maximum Gasteiger partial charge on any atom is 0.197 e. The maximum atomic E-state index is 13.2. The Morgan fingerprint density at radius 1 is 0.786 bits per heavy atom. The highest BCUT2D eigenvalue weighted by Gasteiger charge is 2.32. The Hall–Kier alpha value is -5.64. The lowest BCUT2D eigenvalue weighted by Gasteiger charge is -2.27. The van der Waals surface area contributed by atoms with Crippen LogP contribution in [0.3, 0.4) is 0 Å². The number of fused-ring (bicyclic) bond motifs is 2. The van der Waals surface area contributed by atoms with E-state index in [-0.39, 0.29) is 63.1 Å². The van der Waals surface area contributed by atoms with Crippen LogP contribution in [0.2, 0.25) is 0 Å². The molecule has 0 saturated heterocycles. The van der Waals surface area contributed by atoms with Gasteiger partial charge in [-0.1, -0.05) is 6.07 Å². The summed E-state index contributed by atoms with van der Waals surface area (Å²) in [5, 5.41) is 41.6. The van der Waals surface area contributed by atoms with Crippen LogP contribution in [0.5, 0.6) is 40.2 Å². The Balaban J connectivity index is 1.53. The Morgan fingerprint density at radius 2 is 1.52 bits per heavy atom. The first-order chi connectivity index (χ1) is 20.2. The van der Waals surface area contributed by atoms with Crippen LogP contribution in [0.25, 0.3) is 33.4 Å². The minimum Gasteiger partial charge on any atom is -0.508 e. The molecule has 0 spiro atoms. The number of Topliss-reactive ketones (excluding diaryl/α,β-unsaturated/α-hetero) is 1. The van der Waals surface area contributed by atoms with E-state index < -0.39 is 17.3 Å². The van der Waals surface area contributed by atoms with Crippen molar-refractivity contribution in [3.8, 4) is 62.7 Å². The zero-order valence-electron chi connectivity index (χ0n) is 22.4. The molecule has 5 aromatic rings. The predicted octanol–water partition coefficient (Wildman–Crippen LogP) is 5.67. The third kappa shape index (κ3) is 4.39. The third-order valence-corrected chi connectivity index (χ3v) is 7.18. The first-order valence-electron chi connectivity index (χ1n) is 12.8. The van der Waals surface area contributed by atoms with Crippen LogP contribution in [-0.2, 0) is 0 Å². The second kappa shape index (κ2) is 10.1. The second-order valence-corrected chi connectivity index (χ2v) is 9.73. The lowest BCUT2D eigenvalue weighted by Crippen LogP contribution is -2.20. The summed E-state index contributed by atoms with van der Waals surface area (Å²) in [6.07, 6.45) is -0.931. The van der Waals surface area contributed by atoms with Crippen molar-refractivity contribution in [3.05, 3.63) is 88.1 Å². The van der Waals surface area contributed by atoms with E-state index in [4.69, 9.17) is 18.6 Å². The van der Waals surface area contributed by atoms with Crippen molar-refractivity contribution in [2.24, 2.45) is 0 Å². The van der Waals surface area contributed by atoms with Gasteiger partial charge in [0.2, 0.25) is 0 Å². The SMILES string of the molecule is COc1ccc(-c2cc(=O)c3c(O)cc(O)c(-c4cc(C5CC(=O)c6c(O)cc(O)cc6O5)ccc4OC)c3o2)cc1. The topological polar surface area (TPSA) is 156 Å². The average Bonchev–Trinajstić information content (AvgIpc) is 2.96. The molecule has 0 aliphatic carbocycles. The van der Waals surface area contributed by atoms with Gasteiger partial charge in [0.1, 0.15) is 63.1 Å². The van der Waals surface area contributed by atoms with Gasteiger partial charge in [0.25, 0.3) is 0 Å². The molecule has 1 aliphatic rings. The van der Waals surface area contributed by atoms with Gasteiger partial charge in [-0.2, -0.15) is 0 Å². The number of carbonyl (C=O) groups is 1. The summed E-state index contributed by atoms with van der Waals surface area (Å²) in [6.45, 7) is 0. The Labute approximate surface area is 238 Å². The minimum absolute atomic E-state index is 0.0206. The molecule has 4 N–H and O–H groups in total. The van der Waals surface area contributed by atoms with Crippen molar-refractivity contribution < 1.29 is 43.8 Å². The number of methoxy groups -OCH3 is 2. The zero-order valence-corrected chi connectivity index (χ0v) is 22.4. The van der Waals surface area contributed by atoms with E-state index >= 15 is 0 Å². The predicted molar refractivity (Wildman–Crippen MR) is 152 cm³/mol. The number of benzene rings is 4. The van der Waals surface area contributed by atoms with Crippen molar-refractivity contribution in [3.63, 3.8) is 0 Å². The molecule has 2 heterocycles. The standard InChI is InChI=1S/C32H24O10/c1-39-18-6-3-15(4-7-18)26-14-24(38)31-22(36)12-21(35)29(32(31)42-26)19-9-16(5-8-25(19)40-2)27-13-23(37)30-20(34)10-17(33)11-28(30)41-27/h3-12,14,27,33-36H,13H2,1-2H3. The Morgan fingerprint density at radius 3 is 2.24 bits per heavy atom. The summed E-state index contributed by atoms with van der Waals surface area (Å²) in [7, 11) is 2.96. The van der Waals surface area contributed by atoms with Gasteiger partial charge in [-0.05, 0) is 42.0 Å². The zero-order chi connectivity index (χ0) is 29.7. The van der Waals surface area contributed by atoms with Gasteiger partial charge in [-0.25, -0.2) is 0 Å². The fourth-order valence-electron chi connectivity index (χ4n) is 5.19. The number of hydrogen-bond donors (Lipinski definition) is 4. The molecule has 1 aromatic heterocycles. The third-order valence-electron chi connectivity index (χ3n) is 7.18. The van der Waals surface area contributed by atoms with E-state index in [1.54, 1.807) is 42.5 Å². The highest BCUT2D eigenvalue weighted by molar-refractivity contribution is 6.03. The Kier molecular flexibility index (Phi) is 6.38. The number of phenols is 4. The fraction of sp³-hybridized carbons (Fsp3) is 0.125. The van der Waals surface area contributed by atoms with E-state index in [9.17, 15) is 30.0 Å². The molecule has 6 rings (SSSR count). The van der Waals surface area contributed by atoms with Crippen LogP contribution >= 0.6 is 0 Å². The van der Waals surface area contributed by atoms with E-state index in [0.29, 0.717) is 28.2 Å². The number of rotatable bonds is 5. The van der Waals surface area contributed by atoms with Gasteiger partial charge in [-0.15, -0.1) is 0 Å². The molecule has 0 fully saturated rings. The van der Waals surface area contributed by atoms with Crippen LogP contribution < -0.4 is 19.6 Å². The van der Waals surface area contributed by atoms with Gasteiger partial charge in [0.05, 0.1) is 26.2 Å². The van der Waals surface area contributed by atoms with Gasteiger partial charge in [-0.3, -0.25) is 9.59 Å². The molecule has 1 aliphatic heterocycles. The molecule has 10 heteroatoms. The largest absolute Gasteiger partial charge is 0.508 e. The Bertz CT molecular complexity index is 1940. The number of aromatic hydroxyl groups is 4. The molecule has 1 unspecified atom stereocenters. The number of carbonyl (C=O) groups excluding carboxylic acids is 1. The van der Waals surface area contributed by atoms with E-state index in [2.05, 4.69) is 0 Å². The molecule has 4 aromatic carbocycles. The van der Waals surface area contributed by atoms with Gasteiger partial charge in [0.15, 0.2) is 16.8 Å². The summed E-state index contributed by atoms with van der Waals surface area (Å²) < 4.78 is 22.9. The van der Waals surface area contributed by atoms with E-state index in [0.717, 1.165) is 12.1 Å². The number of ether oxygens (including phenoxy) is 3. The summed E-state index contributed by atoms with van der Waals surface area (Å²) in [5.41, 5.74) is 0.800. The molecule has 212 valence electrons. The van der Waals surface area contributed by atoms with Crippen molar-refractivity contribution in [2.45, 2.75) is 12.5 Å². The lowest BCUT2D eigenvalue weighted by atomic mass is 9.92. The molecule has 0 bridgehead atoms. The normalized spacial score (nSPS) is 14.3. The quantitative estimate of drug-likeness (QED) is 0.208. The van der Waals surface area contributed by atoms with Gasteiger partial charge in [0, 0.05) is 35.4 Å². The van der Waals surface area contributed by atoms with E-state index in [1.165, 1.54) is 26.4 Å². The molecular weight excluding hydrogens is 544 g/mol. The number of hydrogen-bond acceptors (Lipinski definition) is 10. The number of ketones is 1. The summed E-state index contributed by atoms with van der Waals surface area (Å²) in [5.74, 6) is -0.755. The summed E-state index contributed by atoms with van der Waals surface area (Å²) in [4.78, 5) is 26.2. The molecular formula is C32H24O10. The smallest absolute Gasteiger partial charge is 0.197 e. The molecule has 0 saturated carbocycles. The minimum atomic E-state index is -0.816. The van der Waals surface area contributed by atoms with Crippen molar-refractivity contribution in [1.29, 1.82) is 0 Å². The summed E-state index contributed by atoms with van der Waals surface area (Å²) >= 11 is 0. The molecule has 0 amide bonds. The molecule has 1 atom stereocenters. The average molecular weight is 569 g/mol. The first-order valence-corrected chi connectivity index (χ1v) is 12.8. The van der Waals surface area contributed by atoms with Crippen molar-refractivity contribution in [1.82, 2.24) is 0 Å². The maximum absolute atomic E-state index is 13.2. The number of phenolic OH excluding ortho intramolecular Hbond substituents is 4. The molecule has 42 heavy (non-hydrogen) atoms. The molecule has 0 radical (unpaired) electrons.